The van der Waals surface area contributed by atoms with Gasteiger partial charge in [0.1, 0.15) is 17.7 Å². The highest BCUT2D eigenvalue weighted by Crippen LogP contribution is 2.32. The molecule has 1 saturated carbocycles. The molecule has 0 radical (unpaired) electrons. The molecule has 4 aromatic heterocycles. The normalized spacial score (nSPS) is 21.3. The molecule has 32 heavy (non-hydrogen) atoms. The largest absolute Gasteiger partial charge is 0.390 e. The summed E-state index contributed by atoms with van der Waals surface area (Å²) in [4.78, 5) is 9.37. The molecule has 0 unspecified atom stereocenters. The van der Waals surface area contributed by atoms with Crippen LogP contribution in [0.4, 0.5) is 16.2 Å². The first-order valence-corrected chi connectivity index (χ1v) is 10.8. The van der Waals surface area contributed by atoms with Crippen LogP contribution < -0.4 is 10.6 Å². The molecule has 5 rings (SSSR count). The standard InChI is InChI=1S/C21H26FN9O/c1-21(32)8-5-13(6-9-21)24-20-26-18(23-2)17-14(7-11-30(17)28-20)15-3-4-16-19(25-15)31(12-10-22)29-27-16/h3-4,7,11,13,32H,5-6,8-10,12H2,1-2H3,(H2,23,24,26,28). The minimum absolute atomic E-state index is 0.111. The summed E-state index contributed by atoms with van der Waals surface area (Å²) in [7, 11) is 1.82. The molecular formula is C21H26FN9O. The molecule has 0 saturated heterocycles. The molecule has 168 valence electrons. The molecule has 10 nitrogen and oxygen atoms in total. The van der Waals surface area contributed by atoms with Gasteiger partial charge in [-0.05, 0) is 50.8 Å². The first kappa shape index (κ1) is 20.6. The molecule has 1 fully saturated rings. The van der Waals surface area contributed by atoms with E-state index in [0.29, 0.717) is 28.6 Å². The third kappa shape index (κ3) is 3.72. The average Bonchev–Trinajstić information content (AvgIpc) is 3.39. The topological polar surface area (TPSA) is 118 Å². The maximum Gasteiger partial charge on any atom is 0.243 e. The van der Waals surface area contributed by atoms with Gasteiger partial charge in [0, 0.05) is 24.8 Å². The number of nitrogens with one attached hydrogen (secondary N) is 2. The second kappa shape index (κ2) is 7.97. The fourth-order valence-corrected chi connectivity index (χ4v) is 4.27. The van der Waals surface area contributed by atoms with Gasteiger partial charge in [-0.3, -0.25) is 0 Å². The van der Waals surface area contributed by atoms with Gasteiger partial charge in [0.05, 0.1) is 17.8 Å². The van der Waals surface area contributed by atoms with Crippen molar-refractivity contribution in [2.45, 2.75) is 50.8 Å². The number of nitrogens with zero attached hydrogens (tertiary/aromatic N) is 7. The van der Waals surface area contributed by atoms with E-state index >= 15 is 0 Å². The van der Waals surface area contributed by atoms with Crippen LogP contribution in [0.2, 0.25) is 0 Å². The van der Waals surface area contributed by atoms with Crippen molar-refractivity contribution in [2.24, 2.45) is 0 Å². The third-order valence-electron chi connectivity index (χ3n) is 6.08. The molecule has 1 aliphatic rings. The van der Waals surface area contributed by atoms with Crippen LogP contribution in [0, 0.1) is 0 Å². The summed E-state index contributed by atoms with van der Waals surface area (Å²) >= 11 is 0. The molecule has 4 aromatic rings. The van der Waals surface area contributed by atoms with Crippen molar-refractivity contribution in [3.63, 3.8) is 0 Å². The van der Waals surface area contributed by atoms with Crippen molar-refractivity contribution in [1.82, 2.24) is 34.6 Å². The van der Waals surface area contributed by atoms with E-state index in [1.165, 1.54) is 4.68 Å². The van der Waals surface area contributed by atoms with Gasteiger partial charge < -0.3 is 15.7 Å². The zero-order chi connectivity index (χ0) is 22.3. The van der Waals surface area contributed by atoms with E-state index in [-0.39, 0.29) is 12.6 Å². The second-order valence-corrected chi connectivity index (χ2v) is 8.51. The van der Waals surface area contributed by atoms with E-state index in [4.69, 9.17) is 0 Å². The second-order valence-electron chi connectivity index (χ2n) is 8.51. The van der Waals surface area contributed by atoms with E-state index in [1.807, 2.05) is 38.4 Å². The smallest absolute Gasteiger partial charge is 0.243 e. The van der Waals surface area contributed by atoms with Gasteiger partial charge in [0.15, 0.2) is 11.5 Å². The lowest BCUT2D eigenvalue weighted by Crippen LogP contribution is -2.36. The van der Waals surface area contributed by atoms with Gasteiger partial charge in [-0.15, -0.1) is 10.2 Å². The molecular weight excluding hydrogens is 413 g/mol. The molecule has 1 aliphatic carbocycles. The lowest BCUT2D eigenvalue weighted by molar-refractivity contribution is 0.0195. The minimum atomic E-state index is -0.586. The molecule has 0 bridgehead atoms. The highest BCUT2D eigenvalue weighted by Gasteiger charge is 2.29. The number of aliphatic hydroxyl groups is 1. The maximum absolute atomic E-state index is 12.8. The molecule has 11 heteroatoms. The van der Waals surface area contributed by atoms with Gasteiger partial charge in [0.2, 0.25) is 5.95 Å². The number of aromatic nitrogens is 7. The number of halogens is 1. The highest BCUT2D eigenvalue weighted by molar-refractivity contribution is 5.89. The third-order valence-corrected chi connectivity index (χ3v) is 6.08. The molecule has 0 aliphatic heterocycles. The summed E-state index contributed by atoms with van der Waals surface area (Å²) in [5.74, 6) is 1.20. The van der Waals surface area contributed by atoms with Crippen LogP contribution in [0.15, 0.2) is 24.4 Å². The summed E-state index contributed by atoms with van der Waals surface area (Å²) in [6.07, 6.45) is 5.10. The Morgan fingerprint density at radius 3 is 2.78 bits per heavy atom. The predicted octanol–water partition coefficient (Wildman–Crippen LogP) is 2.65. The SMILES string of the molecule is CNc1nc(NC2CCC(C)(O)CC2)nn2ccc(-c3ccc4nnn(CCF)c4n3)c12. The summed E-state index contributed by atoms with van der Waals surface area (Å²) in [5.41, 5.74) is 2.92. The number of rotatable bonds is 6. The Morgan fingerprint density at radius 1 is 1.22 bits per heavy atom. The van der Waals surface area contributed by atoms with Gasteiger partial charge in [0.25, 0.3) is 0 Å². The van der Waals surface area contributed by atoms with Crippen molar-refractivity contribution in [3.05, 3.63) is 24.4 Å². The molecule has 0 aromatic carbocycles. The lowest BCUT2D eigenvalue weighted by Gasteiger charge is -2.33. The number of alkyl halides is 1. The molecule has 3 N–H and O–H groups in total. The Bertz CT molecular complexity index is 1260. The van der Waals surface area contributed by atoms with Gasteiger partial charge >= 0.3 is 0 Å². The monoisotopic (exact) mass is 439 g/mol. The van der Waals surface area contributed by atoms with Crippen LogP contribution in [0.5, 0.6) is 0 Å². The fraction of sp³-hybridized carbons (Fsp3) is 0.476. The van der Waals surface area contributed by atoms with E-state index in [2.05, 4.69) is 36.0 Å². The number of pyridine rings is 1. The van der Waals surface area contributed by atoms with Crippen LogP contribution in [0.3, 0.4) is 0 Å². The van der Waals surface area contributed by atoms with Crippen LogP contribution >= 0.6 is 0 Å². The molecule has 0 amide bonds. The Balaban J connectivity index is 1.49. The van der Waals surface area contributed by atoms with Crippen LogP contribution in [-0.2, 0) is 6.54 Å². The van der Waals surface area contributed by atoms with Gasteiger partial charge in [-0.25, -0.2) is 18.6 Å². The van der Waals surface area contributed by atoms with Crippen LogP contribution in [0.1, 0.15) is 32.6 Å². The van der Waals surface area contributed by atoms with Crippen LogP contribution in [0.25, 0.3) is 27.9 Å². The zero-order valence-electron chi connectivity index (χ0n) is 18.1. The number of anilines is 2. The van der Waals surface area contributed by atoms with E-state index in [1.54, 1.807) is 4.52 Å². The minimum Gasteiger partial charge on any atom is -0.390 e. The first-order chi connectivity index (χ1) is 15.5. The Kier molecular flexibility index (Phi) is 5.12. The Morgan fingerprint density at radius 2 is 2.03 bits per heavy atom. The fourth-order valence-electron chi connectivity index (χ4n) is 4.27. The van der Waals surface area contributed by atoms with Crippen LogP contribution in [-0.4, -0.2) is 65.0 Å². The van der Waals surface area contributed by atoms with Crippen molar-refractivity contribution < 1.29 is 9.50 Å². The van der Waals surface area contributed by atoms with Crippen molar-refractivity contribution in [1.29, 1.82) is 0 Å². The quantitative estimate of drug-likeness (QED) is 0.420. The summed E-state index contributed by atoms with van der Waals surface area (Å²) in [5, 5.41) is 29.4. The van der Waals surface area contributed by atoms with Crippen molar-refractivity contribution in [3.8, 4) is 11.3 Å². The van der Waals surface area contributed by atoms with E-state index in [0.717, 1.165) is 36.8 Å². The van der Waals surface area contributed by atoms with E-state index in [9.17, 15) is 9.50 Å². The summed E-state index contributed by atoms with van der Waals surface area (Å²) in [6, 6.07) is 5.85. The number of aryl methyl sites for hydroxylation is 1. The summed E-state index contributed by atoms with van der Waals surface area (Å²) < 4.78 is 16.1. The van der Waals surface area contributed by atoms with Gasteiger partial charge in [-0.1, -0.05) is 5.21 Å². The Labute approximate surface area is 183 Å². The first-order valence-electron chi connectivity index (χ1n) is 10.8. The number of hydrogen-bond donors (Lipinski definition) is 3. The average molecular weight is 439 g/mol. The van der Waals surface area contributed by atoms with Crippen molar-refractivity contribution >= 4 is 28.4 Å². The molecule has 0 atom stereocenters. The van der Waals surface area contributed by atoms with Gasteiger partial charge in [-0.2, -0.15) is 4.98 Å². The number of fused-ring (bicyclic) bond motifs is 2. The molecule has 0 spiro atoms. The number of hydrogen-bond acceptors (Lipinski definition) is 8. The predicted molar refractivity (Wildman–Crippen MR) is 119 cm³/mol. The highest BCUT2D eigenvalue weighted by atomic mass is 19.1. The zero-order valence-corrected chi connectivity index (χ0v) is 18.1. The Hall–Kier alpha value is -3.34. The van der Waals surface area contributed by atoms with Crippen molar-refractivity contribution in [2.75, 3.05) is 24.4 Å². The lowest BCUT2D eigenvalue weighted by atomic mass is 9.84. The van der Waals surface area contributed by atoms with E-state index < -0.39 is 12.3 Å². The summed E-state index contributed by atoms with van der Waals surface area (Å²) in [6.45, 7) is 1.46. The molecule has 4 heterocycles. The maximum atomic E-state index is 12.8.